The number of hydrogen-bond acceptors (Lipinski definition) is 6. The highest BCUT2D eigenvalue weighted by Gasteiger charge is 2.37. The molecule has 1 atom stereocenters. The molecule has 23 heavy (non-hydrogen) atoms. The summed E-state index contributed by atoms with van der Waals surface area (Å²) in [7, 11) is 0. The maximum atomic E-state index is 12.3. The van der Waals surface area contributed by atoms with Gasteiger partial charge in [0.25, 0.3) is 0 Å². The molecule has 7 nitrogen and oxygen atoms in total. The van der Waals surface area contributed by atoms with Gasteiger partial charge in [-0.3, -0.25) is 19.3 Å². The Morgan fingerprint density at radius 3 is 2.61 bits per heavy atom. The van der Waals surface area contributed by atoms with E-state index < -0.39 is 23.7 Å². The van der Waals surface area contributed by atoms with Crippen LogP contribution in [0.4, 0.5) is 0 Å². The Balaban J connectivity index is 2.43. The van der Waals surface area contributed by atoms with Crippen molar-refractivity contribution in [2.45, 2.75) is 31.9 Å². The van der Waals surface area contributed by atoms with Gasteiger partial charge in [0, 0.05) is 13.0 Å². The van der Waals surface area contributed by atoms with E-state index in [1.807, 2.05) is 0 Å². The third kappa shape index (κ3) is 6.44. The van der Waals surface area contributed by atoms with Crippen LogP contribution in [0.2, 0.25) is 0 Å². The van der Waals surface area contributed by atoms with E-state index in [9.17, 15) is 14.4 Å². The third-order valence-electron chi connectivity index (χ3n) is 3.56. The smallest absolute Gasteiger partial charge is 0.322 e. The topological polar surface area (TPSA) is 90.0 Å². The van der Waals surface area contributed by atoms with Gasteiger partial charge in [0.2, 0.25) is 11.8 Å². The van der Waals surface area contributed by atoms with Gasteiger partial charge < -0.3 is 15.3 Å². The second kappa shape index (κ2) is 9.84. The highest BCUT2D eigenvalue weighted by Crippen LogP contribution is 2.29. The van der Waals surface area contributed by atoms with Crippen molar-refractivity contribution in [3.8, 4) is 0 Å². The van der Waals surface area contributed by atoms with Gasteiger partial charge in [-0.05, 0) is 26.1 Å². The summed E-state index contributed by atoms with van der Waals surface area (Å²) in [5.74, 6) is -1.73. The molecule has 130 valence electrons. The molecule has 1 fully saturated rings. The highest BCUT2D eigenvalue weighted by atomic mass is 32.2. The van der Waals surface area contributed by atoms with Crippen LogP contribution in [0.15, 0.2) is 0 Å². The molecule has 0 aromatic carbocycles. The fourth-order valence-corrected chi connectivity index (χ4v) is 3.78. The largest absolute Gasteiger partial charge is 0.480 e. The molecule has 0 radical (unpaired) electrons. The summed E-state index contributed by atoms with van der Waals surface area (Å²) in [6.07, 6.45) is 0.773. The van der Waals surface area contributed by atoms with Crippen LogP contribution in [0.1, 0.15) is 26.7 Å². The van der Waals surface area contributed by atoms with Gasteiger partial charge in [0.05, 0.1) is 5.25 Å². The van der Waals surface area contributed by atoms with E-state index in [1.54, 1.807) is 4.90 Å². The predicted molar refractivity (Wildman–Crippen MR) is 93.4 cm³/mol. The fourth-order valence-electron chi connectivity index (χ4n) is 2.24. The van der Waals surface area contributed by atoms with Crippen LogP contribution < -0.4 is 5.32 Å². The van der Waals surface area contributed by atoms with Crippen LogP contribution in [0.3, 0.4) is 0 Å². The first-order valence-electron chi connectivity index (χ1n) is 7.61. The third-order valence-corrected chi connectivity index (χ3v) is 5.15. The standard InChI is InChI=1S/C14H23N3O4S2/c1-3-16(4-2)6-5-7-17-13(21)10(23-14(17)22)8-11(18)15-9-12(19)20/h10H,3-9H2,1-2H3,(H,15,18)(H,19,20). The number of carbonyl (C=O) groups excluding carboxylic acids is 2. The molecule has 2 amide bonds. The Labute approximate surface area is 145 Å². The molecule has 1 unspecified atom stereocenters. The lowest BCUT2D eigenvalue weighted by Crippen LogP contribution is -2.37. The molecule has 1 aliphatic heterocycles. The average molecular weight is 361 g/mol. The van der Waals surface area contributed by atoms with Gasteiger partial charge in [-0.25, -0.2) is 0 Å². The Hall–Kier alpha value is -1.19. The second-order valence-corrected chi connectivity index (χ2v) is 6.95. The molecule has 1 heterocycles. The van der Waals surface area contributed by atoms with Crippen LogP contribution in [-0.4, -0.2) is 75.0 Å². The molecular weight excluding hydrogens is 338 g/mol. The Morgan fingerprint density at radius 2 is 2.04 bits per heavy atom. The van der Waals surface area contributed by atoms with E-state index in [-0.39, 0.29) is 12.3 Å². The lowest BCUT2D eigenvalue weighted by atomic mass is 10.2. The normalized spacial score (nSPS) is 17.9. The van der Waals surface area contributed by atoms with Gasteiger partial charge in [0.1, 0.15) is 10.9 Å². The molecule has 1 aliphatic rings. The lowest BCUT2D eigenvalue weighted by molar-refractivity contribution is -0.138. The predicted octanol–water partition coefficient (Wildman–Crippen LogP) is 0.538. The number of thioether (sulfide) groups is 1. The zero-order valence-corrected chi connectivity index (χ0v) is 15.0. The van der Waals surface area contributed by atoms with Gasteiger partial charge in [0.15, 0.2) is 0 Å². The van der Waals surface area contributed by atoms with Gasteiger partial charge in [-0.1, -0.05) is 37.8 Å². The van der Waals surface area contributed by atoms with Crippen molar-refractivity contribution >= 4 is 46.1 Å². The minimum absolute atomic E-state index is 0.0521. The number of rotatable bonds is 10. The maximum absolute atomic E-state index is 12.3. The second-order valence-electron chi connectivity index (χ2n) is 5.12. The van der Waals surface area contributed by atoms with E-state index >= 15 is 0 Å². The Bertz CT molecular complexity index is 469. The van der Waals surface area contributed by atoms with Crippen molar-refractivity contribution in [2.75, 3.05) is 32.7 Å². The highest BCUT2D eigenvalue weighted by molar-refractivity contribution is 8.24. The first kappa shape index (κ1) is 19.9. The quantitative estimate of drug-likeness (QED) is 0.549. The summed E-state index contributed by atoms with van der Waals surface area (Å²) in [6.45, 7) is 7.13. The average Bonchev–Trinajstić information content (AvgIpc) is 2.76. The van der Waals surface area contributed by atoms with E-state index in [0.717, 1.165) is 26.1 Å². The number of thiocarbonyl (C=S) groups is 1. The molecule has 1 rings (SSSR count). The number of carbonyl (C=O) groups is 3. The van der Waals surface area contributed by atoms with Crippen molar-refractivity contribution in [1.82, 2.24) is 15.1 Å². The Morgan fingerprint density at radius 1 is 1.39 bits per heavy atom. The minimum Gasteiger partial charge on any atom is -0.480 e. The van der Waals surface area contributed by atoms with Crippen LogP contribution in [0, 0.1) is 0 Å². The van der Waals surface area contributed by atoms with Crippen LogP contribution in [0.25, 0.3) is 0 Å². The summed E-state index contributed by atoms with van der Waals surface area (Å²) < 4.78 is 0.491. The van der Waals surface area contributed by atoms with Gasteiger partial charge in [-0.15, -0.1) is 0 Å². The number of aliphatic carboxylic acids is 1. The molecule has 2 N–H and O–H groups in total. The number of carboxylic acid groups (broad SMARTS) is 1. The summed E-state index contributed by atoms with van der Waals surface area (Å²) >= 11 is 6.42. The Kier molecular flexibility index (Phi) is 8.49. The van der Waals surface area contributed by atoms with Crippen LogP contribution >= 0.6 is 24.0 Å². The summed E-state index contributed by atoms with van der Waals surface area (Å²) in [6, 6.07) is 0. The summed E-state index contributed by atoms with van der Waals surface area (Å²) in [4.78, 5) is 38.2. The van der Waals surface area contributed by atoms with E-state index in [0.29, 0.717) is 10.9 Å². The molecule has 0 aromatic rings. The maximum Gasteiger partial charge on any atom is 0.322 e. The molecule has 0 bridgehead atoms. The summed E-state index contributed by atoms with van der Waals surface area (Å²) in [5.41, 5.74) is 0. The molecule has 1 saturated heterocycles. The molecule has 0 aromatic heterocycles. The number of hydrogen-bond donors (Lipinski definition) is 2. The van der Waals surface area contributed by atoms with Gasteiger partial charge in [-0.2, -0.15) is 0 Å². The molecule has 0 saturated carbocycles. The molecule has 0 spiro atoms. The number of nitrogens with one attached hydrogen (secondary N) is 1. The van der Waals surface area contributed by atoms with Crippen molar-refractivity contribution < 1.29 is 19.5 Å². The van der Waals surface area contributed by atoms with Crippen molar-refractivity contribution in [3.63, 3.8) is 0 Å². The molecule has 0 aliphatic carbocycles. The number of carboxylic acids is 1. The summed E-state index contributed by atoms with van der Waals surface area (Å²) in [5, 5.41) is 10.2. The first-order chi connectivity index (χ1) is 10.9. The van der Waals surface area contributed by atoms with Crippen molar-refractivity contribution in [1.29, 1.82) is 0 Å². The molecule has 9 heteroatoms. The van der Waals surface area contributed by atoms with Crippen molar-refractivity contribution in [3.05, 3.63) is 0 Å². The van der Waals surface area contributed by atoms with Crippen LogP contribution in [-0.2, 0) is 14.4 Å². The van der Waals surface area contributed by atoms with Crippen LogP contribution in [0.5, 0.6) is 0 Å². The zero-order chi connectivity index (χ0) is 17.4. The minimum atomic E-state index is -1.11. The van der Waals surface area contributed by atoms with E-state index in [2.05, 4.69) is 24.1 Å². The number of nitrogens with zero attached hydrogens (tertiary/aromatic N) is 2. The van der Waals surface area contributed by atoms with Gasteiger partial charge >= 0.3 is 5.97 Å². The fraction of sp³-hybridized carbons (Fsp3) is 0.714. The van der Waals surface area contributed by atoms with E-state index in [1.165, 1.54) is 11.8 Å². The van der Waals surface area contributed by atoms with E-state index in [4.69, 9.17) is 17.3 Å². The van der Waals surface area contributed by atoms with Crippen molar-refractivity contribution in [2.24, 2.45) is 0 Å². The lowest BCUT2D eigenvalue weighted by Gasteiger charge is -2.20. The first-order valence-corrected chi connectivity index (χ1v) is 8.90. The SMILES string of the molecule is CCN(CC)CCCN1C(=O)C(CC(=O)NCC(=O)O)SC1=S. The zero-order valence-electron chi connectivity index (χ0n) is 13.4. The molecular formula is C14H23N3O4S2. The number of amides is 2. The monoisotopic (exact) mass is 361 g/mol.